The molecule has 0 atom stereocenters. The molecule has 0 fully saturated rings. The second-order valence-corrected chi connectivity index (χ2v) is 11.7. The molecule has 10 aromatic carbocycles. The predicted octanol–water partition coefficient (Wildman–Crippen LogP) is 12.0. The van der Waals surface area contributed by atoms with E-state index in [0.29, 0.717) is 0 Å². The molecule has 0 aliphatic carbocycles. The van der Waals surface area contributed by atoms with Crippen molar-refractivity contribution in [2.75, 3.05) is 0 Å². The Morgan fingerprint density at radius 2 is 0.810 bits per heavy atom. The van der Waals surface area contributed by atoms with E-state index in [9.17, 15) is 0 Å². The minimum absolute atomic E-state index is 1.27. The molecule has 0 N–H and O–H groups in total. The van der Waals surface area contributed by atoms with E-state index in [-0.39, 0.29) is 0 Å². The van der Waals surface area contributed by atoms with E-state index in [1.54, 1.807) is 0 Å². The summed E-state index contributed by atoms with van der Waals surface area (Å²) in [7, 11) is 0. The molecule has 0 radical (unpaired) electrons. The van der Waals surface area contributed by atoms with Gasteiger partial charge in [0.25, 0.3) is 0 Å². The first kappa shape index (κ1) is 22.3. The lowest BCUT2D eigenvalue weighted by atomic mass is 9.83. The Morgan fingerprint density at radius 1 is 0.214 bits per heavy atom. The fourth-order valence-corrected chi connectivity index (χ4v) is 7.72. The van der Waals surface area contributed by atoms with Crippen molar-refractivity contribution in [3.8, 4) is 11.1 Å². The summed E-state index contributed by atoms with van der Waals surface area (Å²) in [6, 6.07) is 54.4. The van der Waals surface area contributed by atoms with Gasteiger partial charge >= 0.3 is 0 Å². The first-order valence-electron chi connectivity index (χ1n) is 14.7. The average molecular weight is 529 g/mol. The van der Waals surface area contributed by atoms with Crippen LogP contribution < -0.4 is 0 Å². The smallest absolute Gasteiger partial charge is 0.00139 e. The third kappa shape index (κ3) is 2.86. The van der Waals surface area contributed by atoms with Gasteiger partial charge in [0.1, 0.15) is 0 Å². The molecule has 0 heterocycles. The lowest BCUT2D eigenvalue weighted by Crippen LogP contribution is -1.92. The molecule has 0 bridgehead atoms. The number of hydrogen-bond donors (Lipinski definition) is 0. The quantitative estimate of drug-likeness (QED) is 0.147. The van der Waals surface area contributed by atoms with E-state index >= 15 is 0 Å². The largest absolute Gasteiger partial charge is 0.0616 e. The van der Waals surface area contributed by atoms with Crippen molar-refractivity contribution < 1.29 is 0 Å². The lowest BCUT2D eigenvalue weighted by Gasteiger charge is -2.20. The maximum Gasteiger partial charge on any atom is -0.00139 e. The zero-order chi connectivity index (χ0) is 27.4. The Morgan fingerprint density at radius 3 is 1.67 bits per heavy atom. The molecule has 0 spiro atoms. The van der Waals surface area contributed by atoms with Crippen LogP contribution in [0.4, 0.5) is 0 Å². The van der Waals surface area contributed by atoms with Crippen molar-refractivity contribution in [1.29, 1.82) is 0 Å². The lowest BCUT2D eigenvalue weighted by molar-refractivity contribution is 1.71. The molecule has 0 saturated carbocycles. The van der Waals surface area contributed by atoms with Crippen molar-refractivity contribution in [3.05, 3.63) is 146 Å². The summed E-state index contributed by atoms with van der Waals surface area (Å²) in [4.78, 5) is 0. The zero-order valence-corrected chi connectivity index (χ0v) is 22.9. The monoisotopic (exact) mass is 528 g/mol. The van der Waals surface area contributed by atoms with Gasteiger partial charge in [-0.05, 0) is 116 Å². The molecule has 0 nitrogen and oxygen atoms in total. The molecule has 0 aromatic heterocycles. The first-order chi connectivity index (χ1) is 20.8. The van der Waals surface area contributed by atoms with Gasteiger partial charge in [-0.25, -0.2) is 0 Å². The second kappa shape index (κ2) is 8.06. The maximum atomic E-state index is 2.45. The molecule has 0 aliphatic heterocycles. The van der Waals surface area contributed by atoms with Gasteiger partial charge in [0.2, 0.25) is 0 Å². The summed E-state index contributed by atoms with van der Waals surface area (Å²) < 4.78 is 0. The third-order valence-electron chi connectivity index (χ3n) is 9.52. The highest BCUT2D eigenvalue weighted by molar-refractivity contribution is 6.38. The highest BCUT2D eigenvalue weighted by Gasteiger charge is 2.19. The van der Waals surface area contributed by atoms with E-state index in [4.69, 9.17) is 0 Å². The Bertz CT molecular complexity index is 2720. The SMILES string of the molecule is c1ccc2c(-c3cc4cc5ccc6c7ccccc7ccc6c5c5ccc6c7ccccc7cc3c6c45)cccc2c1. The second-order valence-electron chi connectivity index (χ2n) is 11.7. The molecular formula is C42H24. The van der Waals surface area contributed by atoms with Gasteiger partial charge in [-0.2, -0.15) is 0 Å². The van der Waals surface area contributed by atoms with E-state index in [1.807, 2.05) is 0 Å². The first-order valence-corrected chi connectivity index (χ1v) is 14.7. The van der Waals surface area contributed by atoms with Crippen LogP contribution >= 0.6 is 0 Å². The zero-order valence-electron chi connectivity index (χ0n) is 22.9. The van der Waals surface area contributed by atoms with Crippen molar-refractivity contribution in [3.63, 3.8) is 0 Å². The molecule has 42 heavy (non-hydrogen) atoms. The van der Waals surface area contributed by atoms with Crippen molar-refractivity contribution in [2.45, 2.75) is 0 Å². The van der Waals surface area contributed by atoms with Crippen molar-refractivity contribution in [1.82, 2.24) is 0 Å². The van der Waals surface area contributed by atoms with Gasteiger partial charge in [0.15, 0.2) is 0 Å². The van der Waals surface area contributed by atoms with Crippen LogP contribution in [0.5, 0.6) is 0 Å². The number of benzene rings is 10. The Labute approximate surface area is 242 Å². The summed E-state index contributed by atoms with van der Waals surface area (Å²) in [5.74, 6) is 0. The van der Waals surface area contributed by atoms with E-state index in [1.165, 1.54) is 97.3 Å². The molecular weight excluding hydrogens is 504 g/mol. The number of hydrogen-bond acceptors (Lipinski definition) is 0. The van der Waals surface area contributed by atoms with Crippen LogP contribution in [0, 0.1) is 0 Å². The molecule has 0 heteroatoms. The normalized spacial score (nSPS) is 12.3. The van der Waals surface area contributed by atoms with Crippen LogP contribution in [0.1, 0.15) is 0 Å². The highest BCUT2D eigenvalue weighted by atomic mass is 14.2. The molecule has 0 amide bonds. The van der Waals surface area contributed by atoms with Crippen LogP contribution in [0.3, 0.4) is 0 Å². The van der Waals surface area contributed by atoms with E-state index < -0.39 is 0 Å². The summed E-state index contributed by atoms with van der Waals surface area (Å²) in [5.41, 5.74) is 2.59. The summed E-state index contributed by atoms with van der Waals surface area (Å²) >= 11 is 0. The predicted molar refractivity (Wildman–Crippen MR) is 183 cm³/mol. The van der Waals surface area contributed by atoms with Crippen molar-refractivity contribution in [2.24, 2.45) is 0 Å². The molecule has 10 aromatic rings. The van der Waals surface area contributed by atoms with Crippen molar-refractivity contribution >= 4 is 86.2 Å². The number of fused-ring (bicyclic) bond motifs is 9. The van der Waals surface area contributed by atoms with Crippen LogP contribution in [0.15, 0.2) is 146 Å². The van der Waals surface area contributed by atoms with Crippen LogP contribution in [-0.2, 0) is 0 Å². The molecule has 0 unspecified atom stereocenters. The van der Waals surface area contributed by atoms with Gasteiger partial charge < -0.3 is 0 Å². The van der Waals surface area contributed by atoms with E-state index in [2.05, 4.69) is 146 Å². The topological polar surface area (TPSA) is 0 Å². The summed E-state index contributed by atoms with van der Waals surface area (Å²) in [6.07, 6.45) is 0. The van der Waals surface area contributed by atoms with Crippen LogP contribution in [0.25, 0.3) is 97.3 Å². The number of rotatable bonds is 1. The maximum absolute atomic E-state index is 2.45. The van der Waals surface area contributed by atoms with Gasteiger partial charge in [0.05, 0.1) is 0 Å². The highest BCUT2D eigenvalue weighted by Crippen LogP contribution is 2.47. The standard InChI is InChI=1S/C42H24/c1-4-12-30-25(8-1)11-7-15-33(30)38-24-29-22-28-17-18-34-31-13-5-2-9-26(31)16-19-36(34)40(28)37-21-20-35-32-14-6-3-10-27(32)23-39(38)42(35)41(29)37/h1-24H. The Kier molecular flexibility index (Phi) is 4.27. The van der Waals surface area contributed by atoms with Gasteiger partial charge in [-0.15, -0.1) is 0 Å². The average Bonchev–Trinajstić information content (AvgIpc) is 3.05. The Hall–Kier alpha value is -5.46. The van der Waals surface area contributed by atoms with Gasteiger partial charge in [-0.1, -0.05) is 127 Å². The van der Waals surface area contributed by atoms with E-state index in [0.717, 1.165) is 0 Å². The molecule has 10 rings (SSSR count). The molecule has 0 aliphatic rings. The third-order valence-corrected chi connectivity index (χ3v) is 9.52. The summed E-state index contributed by atoms with van der Waals surface area (Å²) in [5, 5.41) is 21.1. The summed E-state index contributed by atoms with van der Waals surface area (Å²) in [6.45, 7) is 0. The van der Waals surface area contributed by atoms with Crippen LogP contribution in [0.2, 0.25) is 0 Å². The molecule has 192 valence electrons. The minimum Gasteiger partial charge on any atom is -0.0616 e. The Balaban J connectivity index is 1.45. The molecule has 0 saturated heterocycles. The van der Waals surface area contributed by atoms with Gasteiger partial charge in [0, 0.05) is 0 Å². The fraction of sp³-hybridized carbons (Fsp3) is 0. The van der Waals surface area contributed by atoms with Gasteiger partial charge in [-0.3, -0.25) is 0 Å². The minimum atomic E-state index is 1.27. The fourth-order valence-electron chi connectivity index (χ4n) is 7.72. The van der Waals surface area contributed by atoms with Crippen LogP contribution in [-0.4, -0.2) is 0 Å².